The van der Waals surface area contributed by atoms with E-state index in [4.69, 9.17) is 11.6 Å². The van der Waals surface area contributed by atoms with Crippen LogP contribution < -0.4 is 5.32 Å². The molecule has 27 heavy (non-hydrogen) atoms. The zero-order valence-electron chi connectivity index (χ0n) is 16.4. The molecule has 0 bridgehead atoms. The Kier molecular flexibility index (Phi) is 4.15. The first kappa shape index (κ1) is 18.5. The molecule has 0 saturated heterocycles. The van der Waals surface area contributed by atoms with Gasteiger partial charge in [0.2, 0.25) is 0 Å². The summed E-state index contributed by atoms with van der Waals surface area (Å²) in [5, 5.41) is 4.12. The van der Waals surface area contributed by atoms with Crippen molar-refractivity contribution in [2.75, 3.05) is 0 Å². The Bertz CT molecular complexity index is 868. The molecule has 0 aromatic heterocycles. The average molecular weight is 384 g/mol. The van der Waals surface area contributed by atoms with Crippen LogP contribution in [0.25, 0.3) is 0 Å². The van der Waals surface area contributed by atoms with Crippen LogP contribution in [0.4, 0.5) is 0 Å². The van der Waals surface area contributed by atoms with Gasteiger partial charge >= 0.3 is 0 Å². The van der Waals surface area contributed by atoms with E-state index in [-0.39, 0.29) is 17.5 Å². The third-order valence-electron chi connectivity index (χ3n) is 6.43. The Morgan fingerprint density at radius 2 is 1.44 bits per heavy atom. The highest BCUT2D eigenvalue weighted by atomic mass is 35.5. The SMILES string of the molecule is CC1(C)CCC2=C(C1=O)C(c1cccc(Cl)c1)C1=C(CCC(C)(C)C1=O)N2. The van der Waals surface area contributed by atoms with E-state index in [1.807, 2.05) is 52.0 Å². The first-order chi connectivity index (χ1) is 12.6. The Morgan fingerprint density at radius 3 is 1.93 bits per heavy atom. The third kappa shape index (κ3) is 2.87. The maximum absolute atomic E-state index is 13.4. The lowest BCUT2D eigenvalue weighted by Crippen LogP contribution is -2.44. The van der Waals surface area contributed by atoms with Gasteiger partial charge in [0.1, 0.15) is 0 Å². The number of rotatable bonds is 1. The Labute approximate surface area is 165 Å². The van der Waals surface area contributed by atoms with Gasteiger partial charge in [0, 0.05) is 44.3 Å². The van der Waals surface area contributed by atoms with Crippen LogP contribution >= 0.6 is 11.6 Å². The molecular weight excluding hydrogens is 358 g/mol. The van der Waals surface area contributed by atoms with Crippen molar-refractivity contribution >= 4 is 23.2 Å². The van der Waals surface area contributed by atoms with Crippen LogP contribution in [0.15, 0.2) is 46.8 Å². The van der Waals surface area contributed by atoms with E-state index in [0.717, 1.165) is 53.8 Å². The highest BCUT2D eigenvalue weighted by Gasteiger charge is 2.48. The Balaban J connectivity index is 1.95. The number of carbonyl (C=O) groups excluding carboxylic acids is 2. The maximum Gasteiger partial charge on any atom is 0.167 e. The summed E-state index contributed by atoms with van der Waals surface area (Å²) < 4.78 is 0. The number of ketones is 2. The smallest absolute Gasteiger partial charge is 0.167 e. The van der Waals surface area contributed by atoms with Crippen molar-refractivity contribution in [3.63, 3.8) is 0 Å². The lowest BCUT2D eigenvalue weighted by atomic mass is 9.62. The Morgan fingerprint density at radius 1 is 0.926 bits per heavy atom. The number of nitrogens with one attached hydrogen (secondary N) is 1. The molecule has 0 radical (unpaired) electrons. The summed E-state index contributed by atoms with van der Waals surface area (Å²) >= 11 is 6.28. The monoisotopic (exact) mass is 383 g/mol. The summed E-state index contributed by atoms with van der Waals surface area (Å²) in [7, 11) is 0. The third-order valence-corrected chi connectivity index (χ3v) is 6.67. The molecule has 3 nitrogen and oxygen atoms in total. The van der Waals surface area contributed by atoms with Crippen molar-refractivity contribution in [3.05, 3.63) is 57.4 Å². The fourth-order valence-corrected chi connectivity index (χ4v) is 4.79. The van der Waals surface area contributed by atoms with Crippen molar-refractivity contribution in [2.24, 2.45) is 10.8 Å². The molecule has 1 aromatic rings. The number of hydrogen-bond donors (Lipinski definition) is 1. The summed E-state index contributed by atoms with van der Waals surface area (Å²) in [6.07, 6.45) is 3.31. The minimum atomic E-state index is -0.414. The molecule has 1 heterocycles. The second kappa shape index (κ2) is 6.07. The van der Waals surface area contributed by atoms with Gasteiger partial charge in [-0.1, -0.05) is 51.4 Å². The second-order valence-corrected chi connectivity index (χ2v) is 9.76. The average Bonchev–Trinajstić information content (AvgIpc) is 2.61. The van der Waals surface area contributed by atoms with Crippen molar-refractivity contribution in [1.82, 2.24) is 5.32 Å². The molecule has 0 amide bonds. The molecular formula is C23H26ClNO2. The van der Waals surface area contributed by atoms with E-state index in [9.17, 15) is 9.59 Å². The molecule has 142 valence electrons. The first-order valence-electron chi connectivity index (χ1n) is 9.70. The van der Waals surface area contributed by atoms with Crippen molar-refractivity contribution < 1.29 is 9.59 Å². The zero-order chi connectivity index (χ0) is 19.6. The van der Waals surface area contributed by atoms with Crippen LogP contribution in [-0.2, 0) is 9.59 Å². The lowest BCUT2D eigenvalue weighted by Gasteiger charge is -2.44. The van der Waals surface area contributed by atoms with E-state index in [2.05, 4.69) is 5.32 Å². The fraction of sp³-hybridized carbons (Fsp3) is 0.478. The topological polar surface area (TPSA) is 46.2 Å². The highest BCUT2D eigenvalue weighted by Crippen LogP contribution is 2.51. The van der Waals surface area contributed by atoms with Crippen LogP contribution in [0, 0.1) is 10.8 Å². The van der Waals surface area contributed by atoms with Crippen molar-refractivity contribution in [1.29, 1.82) is 0 Å². The van der Waals surface area contributed by atoms with Crippen LogP contribution in [-0.4, -0.2) is 11.6 Å². The van der Waals surface area contributed by atoms with Crippen LogP contribution in [0.1, 0.15) is 64.9 Å². The van der Waals surface area contributed by atoms with E-state index in [0.29, 0.717) is 5.02 Å². The van der Waals surface area contributed by atoms with E-state index >= 15 is 0 Å². The minimum absolute atomic E-state index is 0.143. The van der Waals surface area contributed by atoms with Crippen molar-refractivity contribution in [2.45, 2.75) is 59.3 Å². The normalized spacial score (nSPS) is 24.5. The van der Waals surface area contributed by atoms with Gasteiger partial charge < -0.3 is 5.32 Å². The van der Waals surface area contributed by atoms with Gasteiger partial charge in [-0.15, -0.1) is 0 Å². The summed E-state index contributed by atoms with van der Waals surface area (Å²) in [6.45, 7) is 8.02. The lowest BCUT2D eigenvalue weighted by molar-refractivity contribution is -0.125. The predicted octanol–water partition coefficient (Wildman–Crippen LogP) is 5.31. The predicted molar refractivity (Wildman–Crippen MR) is 107 cm³/mol. The molecule has 4 rings (SSSR count). The molecule has 1 aliphatic heterocycles. The first-order valence-corrected chi connectivity index (χ1v) is 10.1. The van der Waals surface area contributed by atoms with Gasteiger partial charge in [-0.2, -0.15) is 0 Å². The van der Waals surface area contributed by atoms with Crippen LogP contribution in [0.5, 0.6) is 0 Å². The molecule has 0 fully saturated rings. The molecule has 4 heteroatoms. The number of halogens is 1. The summed E-state index contributed by atoms with van der Waals surface area (Å²) in [5.41, 5.74) is 3.62. The van der Waals surface area contributed by atoms with E-state index in [1.165, 1.54) is 0 Å². The second-order valence-electron chi connectivity index (χ2n) is 9.32. The van der Waals surface area contributed by atoms with Gasteiger partial charge in [-0.05, 0) is 43.4 Å². The number of benzene rings is 1. The van der Waals surface area contributed by atoms with Crippen molar-refractivity contribution in [3.8, 4) is 0 Å². The van der Waals surface area contributed by atoms with Gasteiger partial charge in [0.25, 0.3) is 0 Å². The van der Waals surface area contributed by atoms with Gasteiger partial charge in [0.15, 0.2) is 11.6 Å². The van der Waals surface area contributed by atoms with Gasteiger partial charge in [-0.3, -0.25) is 9.59 Å². The molecule has 1 aromatic carbocycles. The molecule has 2 aliphatic carbocycles. The van der Waals surface area contributed by atoms with E-state index in [1.54, 1.807) is 0 Å². The molecule has 1 N–H and O–H groups in total. The largest absolute Gasteiger partial charge is 0.362 e. The fourth-order valence-electron chi connectivity index (χ4n) is 4.59. The van der Waals surface area contributed by atoms with Gasteiger partial charge in [-0.25, -0.2) is 0 Å². The quantitative estimate of drug-likeness (QED) is 0.714. The standard InChI is InChI=1S/C23H26ClNO2/c1-22(2)10-8-15-18(20(22)26)17(13-6-5-7-14(24)12-13)19-16(25-15)9-11-23(3,4)21(19)27/h5-7,12,17,25H,8-11H2,1-4H3. The molecule has 3 aliphatic rings. The summed E-state index contributed by atoms with van der Waals surface area (Å²) in [6, 6.07) is 7.62. The number of hydrogen-bond acceptors (Lipinski definition) is 3. The number of Topliss-reactive ketones (excluding diaryl/α,β-unsaturated/α-hetero) is 2. The number of carbonyl (C=O) groups is 2. The van der Waals surface area contributed by atoms with Crippen LogP contribution in [0.3, 0.4) is 0 Å². The minimum Gasteiger partial charge on any atom is -0.362 e. The van der Waals surface area contributed by atoms with E-state index < -0.39 is 10.8 Å². The highest BCUT2D eigenvalue weighted by molar-refractivity contribution is 6.30. The van der Waals surface area contributed by atoms with Crippen LogP contribution in [0.2, 0.25) is 5.02 Å². The number of allylic oxidation sites excluding steroid dienone is 4. The summed E-state index contributed by atoms with van der Waals surface area (Å²) in [5.74, 6) is -0.0398. The summed E-state index contributed by atoms with van der Waals surface area (Å²) in [4.78, 5) is 26.9. The molecule has 0 unspecified atom stereocenters. The van der Waals surface area contributed by atoms with Gasteiger partial charge in [0.05, 0.1) is 0 Å². The number of dihydropyridines is 1. The maximum atomic E-state index is 13.4. The zero-order valence-corrected chi connectivity index (χ0v) is 17.2. The molecule has 0 spiro atoms. The molecule has 0 atom stereocenters. The Hall–Kier alpha value is -1.87. The molecule has 0 saturated carbocycles.